The summed E-state index contributed by atoms with van der Waals surface area (Å²) in [5, 5.41) is 4.77. The molecular formula is C15H21N3O. The van der Waals surface area contributed by atoms with E-state index in [1.54, 1.807) is 0 Å². The Morgan fingerprint density at radius 2 is 1.89 bits per heavy atom. The highest BCUT2D eigenvalue weighted by atomic mass is 16.5. The molecule has 0 fully saturated rings. The lowest BCUT2D eigenvalue weighted by Crippen LogP contribution is -2.24. The maximum absolute atomic E-state index is 5.66. The van der Waals surface area contributed by atoms with Crippen LogP contribution >= 0.6 is 0 Å². The lowest BCUT2D eigenvalue weighted by molar-refractivity contribution is 0.103. The van der Waals surface area contributed by atoms with Crippen LogP contribution in [-0.4, -0.2) is 27.6 Å². The maximum atomic E-state index is 5.66. The fourth-order valence-electron chi connectivity index (χ4n) is 2.81. The van der Waals surface area contributed by atoms with E-state index < -0.39 is 0 Å². The number of hydrogen-bond acceptors (Lipinski definition) is 2. The molecule has 4 nitrogen and oxygen atoms in total. The van der Waals surface area contributed by atoms with Gasteiger partial charge in [-0.05, 0) is 26.0 Å². The minimum absolute atomic E-state index is 0.0106. The Labute approximate surface area is 114 Å². The van der Waals surface area contributed by atoms with Gasteiger partial charge in [-0.2, -0.15) is 5.10 Å². The predicted octanol–water partition coefficient (Wildman–Crippen LogP) is 2.60. The topological polar surface area (TPSA) is 32.0 Å². The summed E-state index contributed by atoms with van der Waals surface area (Å²) in [6.07, 6.45) is 0. The largest absolute Gasteiger partial charge is 0.379 e. The van der Waals surface area contributed by atoms with Gasteiger partial charge < -0.3 is 9.30 Å². The molecule has 0 saturated carbocycles. The number of aryl methyl sites for hydroxylation is 2. The molecule has 2 aromatic heterocycles. The van der Waals surface area contributed by atoms with Gasteiger partial charge in [0.15, 0.2) is 5.82 Å². The van der Waals surface area contributed by atoms with E-state index >= 15 is 0 Å². The first-order chi connectivity index (χ1) is 8.99. The molecule has 2 aromatic rings. The lowest BCUT2D eigenvalue weighted by atomic mass is 9.90. The Balaban J connectivity index is 2.12. The monoisotopic (exact) mass is 259 g/mol. The minimum atomic E-state index is 0.0106. The summed E-state index contributed by atoms with van der Waals surface area (Å²) in [5.74, 6) is 1.02. The van der Waals surface area contributed by atoms with Crippen LogP contribution in [0.25, 0.3) is 5.82 Å². The molecule has 19 heavy (non-hydrogen) atoms. The summed E-state index contributed by atoms with van der Waals surface area (Å²) in [4.78, 5) is 0. The van der Waals surface area contributed by atoms with Crippen molar-refractivity contribution in [2.24, 2.45) is 0 Å². The smallest absolute Gasteiger partial charge is 0.159 e. The van der Waals surface area contributed by atoms with Crippen LogP contribution in [0.5, 0.6) is 0 Å². The van der Waals surface area contributed by atoms with Gasteiger partial charge in [-0.25, -0.2) is 0 Å². The van der Waals surface area contributed by atoms with Crippen molar-refractivity contribution >= 4 is 0 Å². The quantitative estimate of drug-likeness (QED) is 0.788. The summed E-state index contributed by atoms with van der Waals surface area (Å²) in [7, 11) is 0. The number of fused-ring (bicyclic) bond motifs is 1. The fraction of sp³-hybridized carbons (Fsp3) is 0.533. The highest BCUT2D eigenvalue weighted by molar-refractivity contribution is 5.35. The normalized spacial score (nSPS) is 18.1. The van der Waals surface area contributed by atoms with Gasteiger partial charge in [0.1, 0.15) is 0 Å². The number of aromatic nitrogens is 3. The predicted molar refractivity (Wildman–Crippen MR) is 74.9 cm³/mol. The molecule has 0 aromatic carbocycles. The van der Waals surface area contributed by atoms with Crippen molar-refractivity contribution in [1.82, 2.24) is 14.3 Å². The Morgan fingerprint density at radius 1 is 1.21 bits per heavy atom. The van der Waals surface area contributed by atoms with Crippen molar-refractivity contribution in [2.45, 2.75) is 39.7 Å². The van der Waals surface area contributed by atoms with Crippen LogP contribution in [-0.2, 0) is 16.7 Å². The number of hydrogen-bond donors (Lipinski definition) is 0. The van der Waals surface area contributed by atoms with Crippen molar-refractivity contribution in [2.75, 3.05) is 13.2 Å². The zero-order valence-corrected chi connectivity index (χ0v) is 12.1. The summed E-state index contributed by atoms with van der Waals surface area (Å²) in [6, 6.07) is 6.47. The first-order valence-electron chi connectivity index (χ1n) is 6.80. The molecule has 3 rings (SSSR count). The van der Waals surface area contributed by atoms with E-state index in [0.29, 0.717) is 0 Å². The zero-order valence-electron chi connectivity index (χ0n) is 12.1. The van der Waals surface area contributed by atoms with Crippen molar-refractivity contribution in [1.29, 1.82) is 0 Å². The standard InChI is InChI=1S/C15H21N3O/c1-11-5-6-12(2)18(11)14-9-13-15(3,4)10-19-8-7-17(13)16-14/h5-6,9H,7-8,10H2,1-4H3. The van der Waals surface area contributed by atoms with Gasteiger partial charge in [0.2, 0.25) is 0 Å². The minimum Gasteiger partial charge on any atom is -0.379 e. The molecule has 0 unspecified atom stereocenters. The molecule has 3 heterocycles. The van der Waals surface area contributed by atoms with E-state index in [2.05, 4.69) is 55.1 Å². The van der Waals surface area contributed by atoms with Crippen molar-refractivity contribution in [3.63, 3.8) is 0 Å². The van der Waals surface area contributed by atoms with E-state index in [0.717, 1.165) is 25.6 Å². The van der Waals surface area contributed by atoms with Crippen LogP contribution in [0, 0.1) is 13.8 Å². The van der Waals surface area contributed by atoms with Crippen molar-refractivity contribution < 1.29 is 4.74 Å². The summed E-state index contributed by atoms with van der Waals surface area (Å²) >= 11 is 0. The van der Waals surface area contributed by atoms with Gasteiger partial charge in [0.05, 0.1) is 19.8 Å². The molecule has 0 radical (unpaired) electrons. The lowest BCUT2D eigenvalue weighted by Gasteiger charge is -2.21. The SMILES string of the molecule is Cc1ccc(C)n1-c1cc2n(n1)CCOCC2(C)C. The molecule has 0 atom stereocenters. The van der Waals surface area contributed by atoms with Crippen LogP contribution in [0.4, 0.5) is 0 Å². The van der Waals surface area contributed by atoms with E-state index in [9.17, 15) is 0 Å². The molecular weight excluding hydrogens is 238 g/mol. The highest BCUT2D eigenvalue weighted by Gasteiger charge is 2.29. The van der Waals surface area contributed by atoms with Gasteiger partial charge in [-0.1, -0.05) is 13.8 Å². The Bertz CT molecular complexity index is 587. The number of nitrogens with zero attached hydrogens (tertiary/aromatic N) is 3. The fourth-order valence-corrected chi connectivity index (χ4v) is 2.81. The summed E-state index contributed by atoms with van der Waals surface area (Å²) in [5.41, 5.74) is 3.71. The van der Waals surface area contributed by atoms with Crippen LogP contribution in [0.15, 0.2) is 18.2 Å². The maximum Gasteiger partial charge on any atom is 0.159 e. The molecule has 4 heteroatoms. The van der Waals surface area contributed by atoms with Gasteiger partial charge in [-0.3, -0.25) is 4.68 Å². The Kier molecular flexibility index (Phi) is 2.78. The van der Waals surface area contributed by atoms with E-state index in [-0.39, 0.29) is 5.41 Å². The zero-order chi connectivity index (χ0) is 13.6. The summed E-state index contributed by atoms with van der Waals surface area (Å²) < 4.78 is 9.97. The van der Waals surface area contributed by atoms with Crippen molar-refractivity contribution in [3.8, 4) is 5.82 Å². The summed E-state index contributed by atoms with van der Waals surface area (Å²) in [6.45, 7) is 11.0. The molecule has 0 saturated heterocycles. The van der Waals surface area contributed by atoms with Gasteiger partial charge in [0.25, 0.3) is 0 Å². The van der Waals surface area contributed by atoms with Crippen molar-refractivity contribution in [3.05, 3.63) is 35.3 Å². The Morgan fingerprint density at radius 3 is 2.58 bits per heavy atom. The van der Waals surface area contributed by atoms with Crippen LogP contribution in [0.1, 0.15) is 30.9 Å². The van der Waals surface area contributed by atoms with E-state index in [4.69, 9.17) is 9.84 Å². The van der Waals surface area contributed by atoms with Gasteiger partial charge in [-0.15, -0.1) is 0 Å². The van der Waals surface area contributed by atoms with Crippen LogP contribution in [0.2, 0.25) is 0 Å². The van der Waals surface area contributed by atoms with Crippen LogP contribution in [0.3, 0.4) is 0 Å². The van der Waals surface area contributed by atoms with Gasteiger partial charge >= 0.3 is 0 Å². The third-order valence-electron chi connectivity index (χ3n) is 3.87. The average molecular weight is 259 g/mol. The second-order valence-corrected chi connectivity index (χ2v) is 6.00. The molecule has 1 aliphatic rings. The molecule has 102 valence electrons. The van der Waals surface area contributed by atoms with Crippen LogP contribution < -0.4 is 0 Å². The van der Waals surface area contributed by atoms with E-state index in [1.165, 1.54) is 17.1 Å². The molecule has 0 N–H and O–H groups in total. The van der Waals surface area contributed by atoms with Gasteiger partial charge in [0, 0.05) is 28.6 Å². The average Bonchev–Trinajstić information content (AvgIpc) is 2.86. The molecule has 0 amide bonds. The third kappa shape index (κ3) is 2.00. The van der Waals surface area contributed by atoms with E-state index in [1.807, 2.05) is 0 Å². The first-order valence-corrected chi connectivity index (χ1v) is 6.80. The molecule has 1 aliphatic heterocycles. The molecule has 0 bridgehead atoms. The Hall–Kier alpha value is -1.55. The molecule has 0 spiro atoms. The highest BCUT2D eigenvalue weighted by Crippen LogP contribution is 2.28. The third-order valence-corrected chi connectivity index (χ3v) is 3.87. The first kappa shape index (κ1) is 12.5. The second kappa shape index (κ2) is 4.23. The molecule has 0 aliphatic carbocycles. The second-order valence-electron chi connectivity index (χ2n) is 6.00. The number of rotatable bonds is 1. The number of ether oxygens (including phenoxy) is 1.